The van der Waals surface area contributed by atoms with Gasteiger partial charge in [0, 0.05) is 13.1 Å². The average molecular weight is 237 g/mol. The van der Waals surface area contributed by atoms with E-state index in [9.17, 15) is 0 Å². The summed E-state index contributed by atoms with van der Waals surface area (Å²) in [5.74, 6) is 0. The lowest BCUT2D eigenvalue weighted by Gasteiger charge is -2.06. The molecule has 0 aromatic carbocycles. The lowest BCUT2D eigenvalue weighted by molar-refractivity contribution is 0.0334. The predicted octanol–water partition coefficient (Wildman–Crippen LogP) is -1.39. The molecule has 6 nitrogen and oxygen atoms in total. The van der Waals surface area contributed by atoms with Crippen LogP contribution in [0.4, 0.5) is 0 Å². The molecule has 0 heterocycles. The zero-order valence-electron chi connectivity index (χ0n) is 9.69. The second-order valence-corrected chi connectivity index (χ2v) is 3.03. The third-order valence-electron chi connectivity index (χ3n) is 1.69. The van der Waals surface area contributed by atoms with Gasteiger partial charge in [0.1, 0.15) is 0 Å². The summed E-state index contributed by atoms with van der Waals surface area (Å²) >= 11 is 0. The number of hydrogen-bond acceptors (Lipinski definition) is 6. The molecule has 0 aliphatic rings. The van der Waals surface area contributed by atoms with Crippen LogP contribution in [0.5, 0.6) is 0 Å². The molecule has 0 radical (unpaired) electrons. The summed E-state index contributed by atoms with van der Waals surface area (Å²) in [6.07, 6.45) is 0. The number of hydrogen-bond donors (Lipinski definition) is 3. The van der Waals surface area contributed by atoms with E-state index in [2.05, 4.69) is 5.32 Å². The van der Waals surface area contributed by atoms with E-state index < -0.39 is 0 Å². The summed E-state index contributed by atoms with van der Waals surface area (Å²) in [6, 6.07) is 0. The minimum absolute atomic E-state index is 0.0510. The molecule has 6 heteroatoms. The topological polar surface area (TPSA) is 80.2 Å². The number of ether oxygens (including phenoxy) is 3. The Morgan fingerprint density at radius 3 is 1.56 bits per heavy atom. The van der Waals surface area contributed by atoms with E-state index in [4.69, 9.17) is 24.4 Å². The Morgan fingerprint density at radius 2 is 1.06 bits per heavy atom. The summed E-state index contributed by atoms with van der Waals surface area (Å²) in [4.78, 5) is 0. The molecule has 3 N–H and O–H groups in total. The third kappa shape index (κ3) is 13.8. The molecule has 0 aliphatic heterocycles. The van der Waals surface area contributed by atoms with Gasteiger partial charge in [-0.1, -0.05) is 0 Å². The molecule has 0 aromatic rings. The van der Waals surface area contributed by atoms with E-state index >= 15 is 0 Å². The Bertz CT molecular complexity index is 112. The van der Waals surface area contributed by atoms with Crippen LogP contribution in [0.2, 0.25) is 0 Å². The normalized spacial score (nSPS) is 10.9. The minimum atomic E-state index is 0.0510. The Morgan fingerprint density at radius 1 is 0.625 bits per heavy atom. The van der Waals surface area contributed by atoms with E-state index in [0.717, 1.165) is 13.1 Å². The maximum atomic E-state index is 8.43. The SMILES string of the molecule is OCCOCCNCCOCCOCCO. The first-order valence-electron chi connectivity index (χ1n) is 5.57. The smallest absolute Gasteiger partial charge is 0.0701 e. The Hall–Kier alpha value is -0.240. The van der Waals surface area contributed by atoms with Gasteiger partial charge in [-0.05, 0) is 0 Å². The van der Waals surface area contributed by atoms with Crippen LogP contribution in [0.25, 0.3) is 0 Å². The van der Waals surface area contributed by atoms with Gasteiger partial charge in [0.15, 0.2) is 0 Å². The summed E-state index contributed by atoms with van der Waals surface area (Å²) in [5, 5.41) is 20.0. The van der Waals surface area contributed by atoms with Crippen LogP contribution in [0.1, 0.15) is 0 Å². The van der Waals surface area contributed by atoms with Crippen LogP contribution in [0.15, 0.2) is 0 Å². The largest absolute Gasteiger partial charge is 0.394 e. The molecule has 0 rings (SSSR count). The van der Waals surface area contributed by atoms with Crippen LogP contribution in [-0.2, 0) is 14.2 Å². The van der Waals surface area contributed by atoms with Crippen molar-refractivity contribution in [3.8, 4) is 0 Å². The number of aliphatic hydroxyl groups excluding tert-OH is 2. The van der Waals surface area contributed by atoms with E-state index in [1.54, 1.807) is 0 Å². The van der Waals surface area contributed by atoms with Gasteiger partial charge < -0.3 is 29.7 Å². The molecule has 16 heavy (non-hydrogen) atoms. The molecule has 0 amide bonds. The van der Waals surface area contributed by atoms with Gasteiger partial charge in [0.05, 0.1) is 52.9 Å². The first-order valence-corrected chi connectivity index (χ1v) is 5.57. The molecule has 0 atom stereocenters. The highest BCUT2D eigenvalue weighted by Gasteiger charge is 1.90. The first-order chi connectivity index (χ1) is 7.91. The van der Waals surface area contributed by atoms with E-state index in [-0.39, 0.29) is 13.2 Å². The minimum Gasteiger partial charge on any atom is -0.394 e. The van der Waals surface area contributed by atoms with Gasteiger partial charge >= 0.3 is 0 Å². The van der Waals surface area contributed by atoms with Gasteiger partial charge in [0.25, 0.3) is 0 Å². The molecule has 98 valence electrons. The summed E-state index contributed by atoms with van der Waals surface area (Å²) in [5.41, 5.74) is 0. The van der Waals surface area contributed by atoms with Crippen molar-refractivity contribution in [2.45, 2.75) is 0 Å². The quantitative estimate of drug-likeness (QED) is 0.342. The van der Waals surface area contributed by atoms with Crippen molar-refractivity contribution in [2.24, 2.45) is 0 Å². The predicted molar refractivity (Wildman–Crippen MR) is 59.5 cm³/mol. The highest BCUT2D eigenvalue weighted by Crippen LogP contribution is 1.78. The Balaban J connectivity index is 2.83. The molecule has 0 spiro atoms. The van der Waals surface area contributed by atoms with Crippen molar-refractivity contribution in [3.05, 3.63) is 0 Å². The highest BCUT2D eigenvalue weighted by molar-refractivity contribution is 4.45. The number of aliphatic hydroxyl groups is 2. The fourth-order valence-electron chi connectivity index (χ4n) is 0.967. The standard InChI is InChI=1S/C10H23NO5/c12-3-7-14-5-1-11-2-6-15-9-10-16-8-4-13/h11-13H,1-10H2. The first kappa shape index (κ1) is 15.8. The fraction of sp³-hybridized carbons (Fsp3) is 1.00. The third-order valence-corrected chi connectivity index (χ3v) is 1.69. The molecule has 0 aliphatic carbocycles. The Labute approximate surface area is 96.5 Å². The Kier molecular flexibility index (Phi) is 14.5. The van der Waals surface area contributed by atoms with Gasteiger partial charge in [-0.3, -0.25) is 0 Å². The molecule has 0 fully saturated rings. The maximum absolute atomic E-state index is 8.43. The number of rotatable bonds is 13. The van der Waals surface area contributed by atoms with Crippen LogP contribution in [0, 0.1) is 0 Å². The monoisotopic (exact) mass is 237 g/mol. The molecular weight excluding hydrogens is 214 g/mol. The second kappa shape index (κ2) is 14.8. The summed E-state index contributed by atoms with van der Waals surface area (Å²) in [6.45, 7) is 4.68. The summed E-state index contributed by atoms with van der Waals surface area (Å²) < 4.78 is 15.3. The van der Waals surface area contributed by atoms with Crippen molar-refractivity contribution < 1.29 is 24.4 Å². The van der Waals surface area contributed by atoms with Crippen molar-refractivity contribution in [2.75, 3.05) is 65.9 Å². The maximum Gasteiger partial charge on any atom is 0.0701 e. The van der Waals surface area contributed by atoms with Gasteiger partial charge in [0.2, 0.25) is 0 Å². The van der Waals surface area contributed by atoms with Crippen molar-refractivity contribution >= 4 is 0 Å². The zero-order chi connectivity index (χ0) is 11.9. The van der Waals surface area contributed by atoms with Crippen LogP contribution in [-0.4, -0.2) is 76.2 Å². The highest BCUT2D eigenvalue weighted by atomic mass is 16.5. The van der Waals surface area contributed by atoms with Crippen molar-refractivity contribution in [3.63, 3.8) is 0 Å². The van der Waals surface area contributed by atoms with E-state index in [1.165, 1.54) is 0 Å². The lowest BCUT2D eigenvalue weighted by Crippen LogP contribution is -2.25. The molecule has 0 saturated carbocycles. The number of nitrogens with one attached hydrogen (secondary N) is 1. The second-order valence-electron chi connectivity index (χ2n) is 3.03. The van der Waals surface area contributed by atoms with E-state index in [1.807, 2.05) is 0 Å². The molecule has 0 unspecified atom stereocenters. The van der Waals surface area contributed by atoms with Gasteiger partial charge in [-0.25, -0.2) is 0 Å². The van der Waals surface area contributed by atoms with Crippen LogP contribution in [0.3, 0.4) is 0 Å². The molecular formula is C10H23NO5. The molecule has 0 bridgehead atoms. The van der Waals surface area contributed by atoms with Gasteiger partial charge in [-0.2, -0.15) is 0 Å². The summed E-state index contributed by atoms with van der Waals surface area (Å²) in [7, 11) is 0. The van der Waals surface area contributed by atoms with E-state index in [0.29, 0.717) is 39.6 Å². The van der Waals surface area contributed by atoms with Crippen molar-refractivity contribution in [1.29, 1.82) is 0 Å². The van der Waals surface area contributed by atoms with Gasteiger partial charge in [-0.15, -0.1) is 0 Å². The molecule has 0 aromatic heterocycles. The molecule has 0 saturated heterocycles. The van der Waals surface area contributed by atoms with Crippen LogP contribution >= 0.6 is 0 Å². The van der Waals surface area contributed by atoms with Crippen molar-refractivity contribution in [1.82, 2.24) is 5.32 Å². The lowest BCUT2D eigenvalue weighted by atomic mass is 10.6. The zero-order valence-corrected chi connectivity index (χ0v) is 9.69. The fourth-order valence-corrected chi connectivity index (χ4v) is 0.967. The average Bonchev–Trinajstić information content (AvgIpc) is 2.31. The van der Waals surface area contributed by atoms with Crippen LogP contribution < -0.4 is 5.32 Å².